The summed E-state index contributed by atoms with van der Waals surface area (Å²) in [4.78, 5) is 12.4. The molecule has 0 aliphatic heterocycles. The van der Waals surface area contributed by atoms with E-state index in [1.54, 1.807) is 12.1 Å². The van der Waals surface area contributed by atoms with Gasteiger partial charge < -0.3 is 10.1 Å². The molecule has 0 spiro atoms. The Labute approximate surface area is 183 Å². The number of nitrogens with one attached hydrogen (secondary N) is 2. The fourth-order valence-corrected chi connectivity index (χ4v) is 3.95. The first-order valence-electron chi connectivity index (χ1n) is 9.40. The molecule has 0 saturated carbocycles. The summed E-state index contributed by atoms with van der Waals surface area (Å²) in [6.45, 7) is -3.22. The summed E-state index contributed by atoms with van der Waals surface area (Å²) in [5, 5.41) is 2.55. The molecule has 1 amide bonds. The Morgan fingerprint density at radius 2 is 1.59 bits per heavy atom. The van der Waals surface area contributed by atoms with Gasteiger partial charge in [-0.3, -0.25) is 4.79 Å². The number of benzene rings is 3. The number of carbonyl (C=O) groups excluding carboxylic acids is 1. The maximum atomic E-state index is 13.3. The van der Waals surface area contributed by atoms with Crippen LogP contribution < -0.4 is 14.8 Å². The maximum Gasteiger partial charge on any atom is 0.387 e. The minimum absolute atomic E-state index is 0.0397. The molecule has 3 rings (SSSR count). The van der Waals surface area contributed by atoms with Crippen LogP contribution in [0.3, 0.4) is 0 Å². The zero-order chi connectivity index (χ0) is 23.1. The highest BCUT2D eigenvalue weighted by Crippen LogP contribution is 2.20. The number of hydrogen-bond acceptors (Lipinski definition) is 4. The first-order valence-corrected chi connectivity index (χ1v) is 10.9. The molecule has 168 valence electrons. The molecule has 0 aliphatic rings. The van der Waals surface area contributed by atoms with E-state index < -0.39 is 28.4 Å². The van der Waals surface area contributed by atoms with E-state index in [-0.39, 0.29) is 29.3 Å². The normalized spacial score (nSPS) is 11.4. The Bertz CT molecular complexity index is 1200. The van der Waals surface area contributed by atoms with E-state index in [1.807, 2.05) is 0 Å². The molecule has 0 fully saturated rings. The second-order valence-electron chi connectivity index (χ2n) is 6.66. The number of amides is 1. The van der Waals surface area contributed by atoms with E-state index in [2.05, 4.69) is 14.8 Å². The molecular weight excluding hydrogens is 445 g/mol. The lowest BCUT2D eigenvalue weighted by molar-refractivity contribution is -0.0501. The van der Waals surface area contributed by atoms with Crippen molar-refractivity contribution in [2.45, 2.75) is 24.6 Å². The Balaban J connectivity index is 1.66. The third-order valence-electron chi connectivity index (χ3n) is 4.36. The van der Waals surface area contributed by atoms with Crippen LogP contribution in [0.15, 0.2) is 77.7 Å². The summed E-state index contributed by atoms with van der Waals surface area (Å²) in [5.74, 6) is -1.39. The Hall–Kier alpha value is -3.37. The molecule has 6 nitrogen and oxygen atoms in total. The lowest BCUT2D eigenvalue weighted by Crippen LogP contribution is -2.25. The van der Waals surface area contributed by atoms with Gasteiger partial charge in [-0.15, -0.1) is 0 Å². The smallest absolute Gasteiger partial charge is 0.387 e. The van der Waals surface area contributed by atoms with Crippen molar-refractivity contribution in [3.63, 3.8) is 0 Å². The molecule has 0 heterocycles. The minimum Gasteiger partial charge on any atom is -0.434 e. The van der Waals surface area contributed by atoms with Crippen LogP contribution in [0.5, 0.6) is 5.75 Å². The highest BCUT2D eigenvalue weighted by molar-refractivity contribution is 7.89. The van der Waals surface area contributed by atoms with Crippen LogP contribution in [-0.4, -0.2) is 20.9 Å². The molecule has 0 unspecified atom stereocenters. The second-order valence-corrected chi connectivity index (χ2v) is 8.43. The van der Waals surface area contributed by atoms with Crippen LogP contribution in [0.1, 0.15) is 21.5 Å². The quantitative estimate of drug-likeness (QED) is 0.504. The Kier molecular flexibility index (Phi) is 7.49. The van der Waals surface area contributed by atoms with E-state index in [1.165, 1.54) is 60.7 Å². The van der Waals surface area contributed by atoms with Gasteiger partial charge in [0.05, 0.1) is 10.5 Å². The van der Waals surface area contributed by atoms with E-state index in [0.717, 1.165) is 0 Å². The monoisotopic (exact) mass is 464 g/mol. The number of sulfonamides is 1. The molecule has 3 aromatic rings. The molecule has 32 heavy (non-hydrogen) atoms. The first kappa shape index (κ1) is 23.3. The molecule has 10 heteroatoms. The van der Waals surface area contributed by atoms with Crippen molar-refractivity contribution >= 4 is 15.9 Å². The van der Waals surface area contributed by atoms with Gasteiger partial charge in [0.1, 0.15) is 11.6 Å². The predicted molar refractivity (Wildman–Crippen MR) is 111 cm³/mol. The highest BCUT2D eigenvalue weighted by Gasteiger charge is 2.17. The lowest BCUT2D eigenvalue weighted by atomic mass is 10.1. The number of para-hydroxylation sites is 1. The van der Waals surface area contributed by atoms with Gasteiger partial charge >= 0.3 is 6.61 Å². The molecule has 0 aliphatic carbocycles. The Morgan fingerprint density at radius 3 is 2.31 bits per heavy atom. The summed E-state index contributed by atoms with van der Waals surface area (Å²) >= 11 is 0. The van der Waals surface area contributed by atoms with E-state index in [9.17, 15) is 26.4 Å². The maximum absolute atomic E-state index is 13.3. The van der Waals surface area contributed by atoms with Crippen LogP contribution in [-0.2, 0) is 23.1 Å². The van der Waals surface area contributed by atoms with Crippen LogP contribution >= 0.6 is 0 Å². The predicted octanol–water partition coefficient (Wildman–Crippen LogP) is 3.84. The third-order valence-corrected chi connectivity index (χ3v) is 5.76. The SMILES string of the molecule is O=C(NCc1cccc(S(=O)(=O)NCc2cccc(F)c2)c1)c1ccccc1OC(F)F. The van der Waals surface area contributed by atoms with Crippen molar-refractivity contribution in [2.24, 2.45) is 0 Å². The average molecular weight is 464 g/mol. The molecule has 3 aromatic carbocycles. The standard InChI is InChI=1S/C22H19F3N2O4S/c23-17-7-3-5-15(11-17)14-27-32(29,30)18-8-4-6-16(12-18)13-26-21(28)19-9-1-2-10-20(19)31-22(24)25/h1-12,22,27H,13-14H2,(H,26,28). The number of rotatable bonds is 9. The van der Waals surface area contributed by atoms with E-state index in [4.69, 9.17) is 0 Å². The van der Waals surface area contributed by atoms with Gasteiger partial charge in [-0.25, -0.2) is 17.5 Å². The second kappa shape index (κ2) is 10.3. The molecule has 0 aromatic heterocycles. The summed E-state index contributed by atoms with van der Waals surface area (Å²) in [6.07, 6.45) is 0. The van der Waals surface area contributed by atoms with Crippen molar-refractivity contribution in [1.82, 2.24) is 10.0 Å². The van der Waals surface area contributed by atoms with Crippen molar-refractivity contribution in [3.05, 3.63) is 95.3 Å². The number of hydrogen-bond donors (Lipinski definition) is 2. The fourth-order valence-electron chi connectivity index (χ4n) is 2.86. The zero-order valence-corrected chi connectivity index (χ0v) is 17.4. The van der Waals surface area contributed by atoms with Gasteiger partial charge in [-0.2, -0.15) is 8.78 Å². The summed E-state index contributed by atoms with van der Waals surface area (Å²) < 4.78 is 70.2. The van der Waals surface area contributed by atoms with Crippen molar-refractivity contribution in [2.75, 3.05) is 0 Å². The van der Waals surface area contributed by atoms with Gasteiger partial charge in [-0.05, 0) is 47.5 Å². The highest BCUT2D eigenvalue weighted by atomic mass is 32.2. The lowest BCUT2D eigenvalue weighted by Gasteiger charge is -2.12. The van der Waals surface area contributed by atoms with Crippen LogP contribution in [0.2, 0.25) is 0 Å². The molecule has 0 bridgehead atoms. The number of halogens is 3. The van der Waals surface area contributed by atoms with Crippen molar-refractivity contribution in [1.29, 1.82) is 0 Å². The van der Waals surface area contributed by atoms with Crippen molar-refractivity contribution in [3.8, 4) is 5.75 Å². The first-order chi connectivity index (χ1) is 15.2. The molecule has 0 saturated heterocycles. The average Bonchev–Trinajstić information content (AvgIpc) is 2.76. The van der Waals surface area contributed by atoms with E-state index in [0.29, 0.717) is 11.1 Å². The van der Waals surface area contributed by atoms with Gasteiger partial charge in [0.2, 0.25) is 10.0 Å². The number of ether oxygens (including phenoxy) is 1. The van der Waals surface area contributed by atoms with Crippen LogP contribution in [0.4, 0.5) is 13.2 Å². The van der Waals surface area contributed by atoms with Gasteiger partial charge in [-0.1, -0.05) is 36.4 Å². The topological polar surface area (TPSA) is 84.5 Å². The third kappa shape index (κ3) is 6.32. The zero-order valence-electron chi connectivity index (χ0n) is 16.6. The summed E-state index contributed by atoms with van der Waals surface area (Å²) in [6, 6.07) is 17.0. The molecule has 0 atom stereocenters. The van der Waals surface area contributed by atoms with E-state index >= 15 is 0 Å². The van der Waals surface area contributed by atoms with Gasteiger partial charge in [0, 0.05) is 13.1 Å². The summed E-state index contributed by atoms with van der Waals surface area (Å²) in [5.41, 5.74) is 0.856. The molecule has 2 N–H and O–H groups in total. The molecular formula is C22H19F3N2O4S. The Morgan fingerprint density at radius 1 is 0.906 bits per heavy atom. The largest absolute Gasteiger partial charge is 0.434 e. The van der Waals surface area contributed by atoms with Gasteiger partial charge in [0.25, 0.3) is 5.91 Å². The molecule has 0 radical (unpaired) electrons. The van der Waals surface area contributed by atoms with Crippen LogP contribution in [0.25, 0.3) is 0 Å². The summed E-state index contributed by atoms with van der Waals surface area (Å²) in [7, 11) is -3.89. The number of alkyl halides is 2. The number of carbonyl (C=O) groups is 1. The minimum atomic E-state index is -3.89. The van der Waals surface area contributed by atoms with Crippen molar-refractivity contribution < 1.29 is 31.1 Å². The fraction of sp³-hybridized carbons (Fsp3) is 0.136. The van der Waals surface area contributed by atoms with Crippen LogP contribution in [0, 0.1) is 5.82 Å². The van der Waals surface area contributed by atoms with Gasteiger partial charge in [0.15, 0.2) is 0 Å².